The van der Waals surface area contributed by atoms with Crippen molar-refractivity contribution < 1.29 is 4.79 Å². The SMILES string of the molecule is C=CC([C]=O)CCCC. The topological polar surface area (TPSA) is 17.1 Å². The van der Waals surface area contributed by atoms with Crippen LogP contribution in [0.2, 0.25) is 0 Å². The maximum absolute atomic E-state index is 10.0. The minimum Gasteiger partial charge on any atom is -0.290 e. The summed E-state index contributed by atoms with van der Waals surface area (Å²) in [5.74, 6) is -0.0371. The van der Waals surface area contributed by atoms with E-state index in [0.717, 1.165) is 19.3 Å². The Morgan fingerprint density at radius 3 is 2.78 bits per heavy atom. The third-order valence-corrected chi connectivity index (χ3v) is 1.30. The molecule has 1 unspecified atom stereocenters. The fraction of sp³-hybridized carbons (Fsp3) is 0.625. The molecule has 0 aromatic rings. The van der Waals surface area contributed by atoms with Gasteiger partial charge < -0.3 is 0 Å². The van der Waals surface area contributed by atoms with Gasteiger partial charge in [-0.1, -0.05) is 25.8 Å². The summed E-state index contributed by atoms with van der Waals surface area (Å²) in [6, 6.07) is 0. The highest BCUT2D eigenvalue weighted by Gasteiger charge is 1.99. The monoisotopic (exact) mass is 125 g/mol. The second kappa shape index (κ2) is 5.54. The van der Waals surface area contributed by atoms with Gasteiger partial charge in [-0.3, -0.25) is 4.79 Å². The minimum atomic E-state index is -0.0371. The van der Waals surface area contributed by atoms with Gasteiger partial charge in [0.05, 0.1) is 0 Å². The van der Waals surface area contributed by atoms with Crippen molar-refractivity contribution >= 4 is 6.29 Å². The van der Waals surface area contributed by atoms with E-state index < -0.39 is 0 Å². The highest BCUT2D eigenvalue weighted by Crippen LogP contribution is 2.05. The first-order valence-corrected chi connectivity index (χ1v) is 3.35. The first-order valence-electron chi connectivity index (χ1n) is 3.35. The lowest BCUT2D eigenvalue weighted by Crippen LogP contribution is -1.95. The number of rotatable bonds is 5. The van der Waals surface area contributed by atoms with E-state index in [-0.39, 0.29) is 5.92 Å². The molecule has 0 aromatic carbocycles. The van der Waals surface area contributed by atoms with E-state index in [1.54, 1.807) is 6.08 Å². The highest BCUT2D eigenvalue weighted by molar-refractivity contribution is 5.56. The molecule has 1 nitrogen and oxygen atoms in total. The first-order chi connectivity index (χ1) is 4.35. The lowest BCUT2D eigenvalue weighted by Gasteiger charge is -1.98. The Morgan fingerprint density at radius 2 is 2.44 bits per heavy atom. The average Bonchev–Trinajstić information content (AvgIpc) is 1.91. The zero-order valence-corrected chi connectivity index (χ0v) is 5.89. The first kappa shape index (κ1) is 8.41. The van der Waals surface area contributed by atoms with E-state index in [1.807, 2.05) is 6.29 Å². The van der Waals surface area contributed by atoms with Crippen molar-refractivity contribution in [3.63, 3.8) is 0 Å². The molecule has 0 rings (SSSR count). The van der Waals surface area contributed by atoms with Crippen LogP contribution in [0, 0.1) is 5.92 Å². The zero-order valence-electron chi connectivity index (χ0n) is 5.89. The molecule has 1 radical (unpaired) electrons. The molecule has 0 amide bonds. The van der Waals surface area contributed by atoms with Crippen LogP contribution in [0.15, 0.2) is 12.7 Å². The summed E-state index contributed by atoms with van der Waals surface area (Å²) in [4.78, 5) is 10.0. The highest BCUT2D eigenvalue weighted by atomic mass is 16.1. The van der Waals surface area contributed by atoms with Gasteiger partial charge in [0.25, 0.3) is 0 Å². The number of hydrogen-bond donors (Lipinski definition) is 0. The van der Waals surface area contributed by atoms with Crippen LogP contribution in [0.4, 0.5) is 0 Å². The smallest absolute Gasteiger partial charge is 0.205 e. The molecule has 0 saturated heterocycles. The third kappa shape index (κ3) is 3.95. The number of allylic oxidation sites excluding steroid dienone is 1. The van der Waals surface area contributed by atoms with Gasteiger partial charge in [-0.15, -0.1) is 6.58 Å². The maximum Gasteiger partial charge on any atom is 0.205 e. The van der Waals surface area contributed by atoms with E-state index in [0.29, 0.717) is 0 Å². The predicted molar refractivity (Wildman–Crippen MR) is 38.9 cm³/mol. The molecule has 0 N–H and O–H groups in total. The van der Waals surface area contributed by atoms with E-state index >= 15 is 0 Å². The Hall–Kier alpha value is -0.590. The largest absolute Gasteiger partial charge is 0.290 e. The van der Waals surface area contributed by atoms with Gasteiger partial charge in [0.2, 0.25) is 6.29 Å². The van der Waals surface area contributed by atoms with E-state index in [1.165, 1.54) is 0 Å². The van der Waals surface area contributed by atoms with Crippen LogP contribution in [0.25, 0.3) is 0 Å². The normalized spacial score (nSPS) is 12.6. The molecule has 0 aliphatic heterocycles. The van der Waals surface area contributed by atoms with E-state index in [4.69, 9.17) is 0 Å². The van der Waals surface area contributed by atoms with Crippen molar-refractivity contribution in [2.24, 2.45) is 5.92 Å². The Bertz CT molecular complexity index is 78.6. The summed E-state index contributed by atoms with van der Waals surface area (Å²) in [7, 11) is 0. The van der Waals surface area contributed by atoms with Crippen LogP contribution in [-0.4, -0.2) is 6.29 Å². The fourth-order valence-electron chi connectivity index (χ4n) is 0.649. The van der Waals surface area contributed by atoms with Gasteiger partial charge >= 0.3 is 0 Å². The van der Waals surface area contributed by atoms with Crippen molar-refractivity contribution in [3.8, 4) is 0 Å². The van der Waals surface area contributed by atoms with Crippen molar-refractivity contribution in [3.05, 3.63) is 12.7 Å². The predicted octanol–water partition coefficient (Wildman–Crippen LogP) is 2.09. The third-order valence-electron chi connectivity index (χ3n) is 1.30. The van der Waals surface area contributed by atoms with Gasteiger partial charge in [0.1, 0.15) is 0 Å². The average molecular weight is 125 g/mol. The maximum atomic E-state index is 10.0. The number of unbranched alkanes of at least 4 members (excludes halogenated alkanes) is 1. The molecule has 51 valence electrons. The van der Waals surface area contributed by atoms with Crippen molar-refractivity contribution in [1.82, 2.24) is 0 Å². The lowest BCUT2D eigenvalue weighted by molar-refractivity contribution is 0.526. The summed E-state index contributed by atoms with van der Waals surface area (Å²) in [5.41, 5.74) is 0. The number of hydrogen-bond acceptors (Lipinski definition) is 1. The standard InChI is InChI=1S/C8H13O/c1-3-5-6-8(4-2)7-9/h4,8H,2-3,5-6H2,1H3. The molecule has 1 atom stereocenters. The van der Waals surface area contributed by atoms with Gasteiger partial charge in [-0.2, -0.15) is 0 Å². The van der Waals surface area contributed by atoms with Crippen LogP contribution in [0.5, 0.6) is 0 Å². The van der Waals surface area contributed by atoms with Crippen LogP contribution >= 0.6 is 0 Å². The molecular formula is C8H13O. The Kier molecular flexibility index (Phi) is 5.18. The summed E-state index contributed by atoms with van der Waals surface area (Å²) < 4.78 is 0. The number of carbonyl (C=O) groups excluding carboxylic acids is 1. The molecule has 0 bridgehead atoms. The minimum absolute atomic E-state index is 0.0371. The van der Waals surface area contributed by atoms with Crippen LogP contribution in [0.1, 0.15) is 26.2 Å². The zero-order chi connectivity index (χ0) is 7.11. The lowest BCUT2D eigenvalue weighted by atomic mass is 10.0. The summed E-state index contributed by atoms with van der Waals surface area (Å²) in [6.07, 6.45) is 6.70. The Balaban J connectivity index is 3.30. The summed E-state index contributed by atoms with van der Waals surface area (Å²) in [5, 5.41) is 0. The van der Waals surface area contributed by atoms with Crippen molar-refractivity contribution in [2.45, 2.75) is 26.2 Å². The molecule has 0 aromatic heterocycles. The van der Waals surface area contributed by atoms with Crippen molar-refractivity contribution in [2.75, 3.05) is 0 Å². The quantitative estimate of drug-likeness (QED) is 0.514. The van der Waals surface area contributed by atoms with Gasteiger partial charge in [0.15, 0.2) is 0 Å². The molecule has 0 fully saturated rings. The molecular weight excluding hydrogens is 112 g/mol. The van der Waals surface area contributed by atoms with Gasteiger partial charge in [-0.05, 0) is 6.42 Å². The summed E-state index contributed by atoms with van der Waals surface area (Å²) in [6.45, 7) is 5.62. The van der Waals surface area contributed by atoms with Crippen LogP contribution < -0.4 is 0 Å². The molecule has 0 heterocycles. The Morgan fingerprint density at radius 1 is 1.78 bits per heavy atom. The second-order valence-corrected chi connectivity index (χ2v) is 2.10. The molecule has 9 heavy (non-hydrogen) atoms. The molecule has 1 heteroatoms. The van der Waals surface area contributed by atoms with Crippen LogP contribution in [-0.2, 0) is 4.79 Å². The molecule has 0 saturated carbocycles. The fourth-order valence-corrected chi connectivity index (χ4v) is 0.649. The van der Waals surface area contributed by atoms with E-state index in [9.17, 15) is 4.79 Å². The Labute approximate surface area is 56.8 Å². The molecule has 0 aliphatic rings. The summed E-state index contributed by atoms with van der Waals surface area (Å²) >= 11 is 0. The van der Waals surface area contributed by atoms with Gasteiger partial charge in [-0.25, -0.2) is 0 Å². The molecule has 0 aliphatic carbocycles. The molecule has 0 spiro atoms. The van der Waals surface area contributed by atoms with E-state index in [2.05, 4.69) is 13.5 Å². The van der Waals surface area contributed by atoms with Crippen molar-refractivity contribution in [1.29, 1.82) is 0 Å². The second-order valence-electron chi connectivity index (χ2n) is 2.10. The van der Waals surface area contributed by atoms with Crippen LogP contribution in [0.3, 0.4) is 0 Å². The van der Waals surface area contributed by atoms with Gasteiger partial charge in [0, 0.05) is 5.92 Å².